The minimum atomic E-state index is -0.891. The van der Waals surface area contributed by atoms with Crippen molar-refractivity contribution in [1.82, 2.24) is 15.5 Å². The number of nitrogens with one attached hydrogen (secondary N) is 2. The number of likely N-dealkylation sites (tertiary alicyclic amines) is 1. The van der Waals surface area contributed by atoms with Gasteiger partial charge in [-0.05, 0) is 47.0 Å². The highest BCUT2D eigenvalue weighted by molar-refractivity contribution is 14.0. The molecule has 1 amide bonds. The van der Waals surface area contributed by atoms with E-state index in [1.165, 1.54) is 12.8 Å². The number of guanidine groups is 1. The predicted molar refractivity (Wildman–Crippen MR) is 124 cm³/mol. The maximum atomic E-state index is 12.6. The largest absolute Gasteiger partial charge is 0.357 e. The highest BCUT2D eigenvalue weighted by Gasteiger charge is 2.32. The molecule has 0 aromatic heterocycles. The van der Waals surface area contributed by atoms with Crippen LogP contribution in [0.5, 0.6) is 0 Å². The molecule has 1 saturated carbocycles. The van der Waals surface area contributed by atoms with E-state index < -0.39 is 10.8 Å². The third-order valence-electron chi connectivity index (χ3n) is 5.12. The predicted octanol–water partition coefficient (Wildman–Crippen LogP) is 2.50. The molecular formula is C19H37IN4O2S. The molecule has 2 fully saturated rings. The van der Waals surface area contributed by atoms with E-state index in [1.807, 2.05) is 32.6 Å². The molecule has 158 valence electrons. The van der Waals surface area contributed by atoms with Crippen molar-refractivity contribution in [2.75, 3.05) is 31.9 Å². The molecule has 8 heteroatoms. The second-order valence-electron chi connectivity index (χ2n) is 8.32. The van der Waals surface area contributed by atoms with Crippen LogP contribution in [0.2, 0.25) is 0 Å². The maximum absolute atomic E-state index is 12.6. The SMILES string of the molecule is CCNC(=NCCS(=O)C(C)(C)C)NC1CCN(C(=O)C2CCCC2)C1.I. The van der Waals surface area contributed by atoms with Gasteiger partial charge in [0.25, 0.3) is 0 Å². The highest BCUT2D eigenvalue weighted by Crippen LogP contribution is 2.27. The van der Waals surface area contributed by atoms with Gasteiger partial charge < -0.3 is 15.5 Å². The number of rotatable bonds is 6. The van der Waals surface area contributed by atoms with E-state index in [2.05, 4.69) is 15.6 Å². The lowest BCUT2D eigenvalue weighted by molar-refractivity contribution is -0.134. The van der Waals surface area contributed by atoms with Crippen LogP contribution in [0.1, 0.15) is 59.8 Å². The summed E-state index contributed by atoms with van der Waals surface area (Å²) in [6, 6.07) is 0.242. The highest BCUT2D eigenvalue weighted by atomic mass is 127. The summed E-state index contributed by atoms with van der Waals surface area (Å²) in [6.07, 6.45) is 5.46. The molecule has 0 radical (unpaired) electrons. The molecule has 2 unspecified atom stereocenters. The average molecular weight is 513 g/mol. The van der Waals surface area contributed by atoms with Gasteiger partial charge in [-0.25, -0.2) is 0 Å². The standard InChI is InChI=1S/C19H36N4O2S.HI/c1-5-20-18(21-11-13-26(25)19(2,3)4)22-16-10-12-23(14-16)17(24)15-8-6-7-9-15;/h15-16H,5-14H2,1-4H3,(H2,20,21,22);1H. The summed E-state index contributed by atoms with van der Waals surface area (Å²) in [4.78, 5) is 19.2. The van der Waals surface area contributed by atoms with Crippen molar-refractivity contribution in [1.29, 1.82) is 0 Å². The Morgan fingerprint density at radius 1 is 1.22 bits per heavy atom. The van der Waals surface area contributed by atoms with E-state index in [1.54, 1.807) is 0 Å². The molecule has 2 rings (SSSR count). The first kappa shape index (κ1) is 24.7. The Labute approximate surface area is 184 Å². The number of hydrogen-bond donors (Lipinski definition) is 2. The van der Waals surface area contributed by atoms with Crippen molar-refractivity contribution >= 4 is 46.6 Å². The lowest BCUT2D eigenvalue weighted by Gasteiger charge is -2.21. The molecule has 0 bridgehead atoms. The topological polar surface area (TPSA) is 73.8 Å². The van der Waals surface area contributed by atoms with E-state index >= 15 is 0 Å². The Morgan fingerprint density at radius 3 is 2.48 bits per heavy atom. The van der Waals surface area contributed by atoms with Crippen molar-refractivity contribution in [2.24, 2.45) is 10.9 Å². The van der Waals surface area contributed by atoms with E-state index in [9.17, 15) is 9.00 Å². The van der Waals surface area contributed by atoms with Gasteiger partial charge >= 0.3 is 0 Å². The fraction of sp³-hybridized carbons (Fsp3) is 0.895. The summed E-state index contributed by atoms with van der Waals surface area (Å²) in [5, 5.41) is 6.71. The van der Waals surface area contributed by atoms with Gasteiger partial charge in [-0.15, -0.1) is 24.0 Å². The van der Waals surface area contributed by atoms with Gasteiger partial charge in [-0.2, -0.15) is 0 Å². The lowest BCUT2D eigenvalue weighted by atomic mass is 10.1. The van der Waals surface area contributed by atoms with Gasteiger partial charge in [-0.3, -0.25) is 14.0 Å². The zero-order chi connectivity index (χ0) is 19.2. The van der Waals surface area contributed by atoms with Gasteiger partial charge in [0.05, 0.1) is 6.54 Å². The summed E-state index contributed by atoms with van der Waals surface area (Å²) in [7, 11) is -0.891. The molecule has 1 heterocycles. The second-order valence-corrected chi connectivity index (χ2v) is 10.6. The molecule has 2 N–H and O–H groups in total. The minimum Gasteiger partial charge on any atom is -0.357 e. The number of aliphatic imine (C=N–C) groups is 1. The molecule has 2 aliphatic rings. The van der Waals surface area contributed by atoms with Gasteiger partial charge in [-0.1, -0.05) is 12.8 Å². The van der Waals surface area contributed by atoms with Crippen molar-refractivity contribution in [3.05, 3.63) is 0 Å². The summed E-state index contributed by atoms with van der Waals surface area (Å²) < 4.78 is 11.9. The van der Waals surface area contributed by atoms with Gasteiger partial charge in [0, 0.05) is 52.9 Å². The van der Waals surface area contributed by atoms with E-state index in [4.69, 9.17) is 0 Å². The lowest BCUT2D eigenvalue weighted by Crippen LogP contribution is -2.45. The number of halogens is 1. The van der Waals surface area contributed by atoms with Crippen molar-refractivity contribution in [2.45, 2.75) is 70.6 Å². The van der Waals surface area contributed by atoms with E-state index in [0.29, 0.717) is 18.2 Å². The molecule has 6 nitrogen and oxygen atoms in total. The van der Waals surface area contributed by atoms with Crippen LogP contribution in [0.15, 0.2) is 4.99 Å². The normalized spacial score (nSPS) is 22.4. The summed E-state index contributed by atoms with van der Waals surface area (Å²) in [6.45, 7) is 10.9. The fourth-order valence-electron chi connectivity index (χ4n) is 3.57. The van der Waals surface area contributed by atoms with Crippen molar-refractivity contribution in [3.8, 4) is 0 Å². The van der Waals surface area contributed by atoms with Gasteiger partial charge in [0.1, 0.15) is 0 Å². The number of nitrogens with zero attached hydrogens (tertiary/aromatic N) is 2. The quantitative estimate of drug-likeness (QED) is 0.326. The average Bonchev–Trinajstić information content (AvgIpc) is 3.25. The molecule has 1 saturated heterocycles. The van der Waals surface area contributed by atoms with Gasteiger partial charge in [0.15, 0.2) is 5.96 Å². The van der Waals surface area contributed by atoms with Crippen LogP contribution < -0.4 is 10.6 Å². The van der Waals surface area contributed by atoms with E-state index in [0.717, 1.165) is 44.9 Å². The zero-order valence-corrected chi connectivity index (χ0v) is 20.4. The molecule has 27 heavy (non-hydrogen) atoms. The first-order valence-electron chi connectivity index (χ1n) is 10.0. The molecular weight excluding hydrogens is 475 g/mol. The Bertz CT molecular complexity index is 530. The molecule has 0 aromatic rings. The summed E-state index contributed by atoms with van der Waals surface area (Å²) in [5.41, 5.74) is 0. The summed E-state index contributed by atoms with van der Waals surface area (Å²) in [5.74, 6) is 1.92. The monoisotopic (exact) mass is 512 g/mol. The molecule has 2 atom stereocenters. The Hall–Kier alpha value is -0.380. The zero-order valence-electron chi connectivity index (χ0n) is 17.3. The smallest absolute Gasteiger partial charge is 0.225 e. The van der Waals surface area contributed by atoms with Crippen LogP contribution in [0, 0.1) is 5.92 Å². The van der Waals surface area contributed by atoms with Crippen LogP contribution in [0.25, 0.3) is 0 Å². The molecule has 1 aliphatic heterocycles. The van der Waals surface area contributed by atoms with Crippen LogP contribution >= 0.6 is 24.0 Å². The Kier molecular flexibility index (Phi) is 10.6. The fourth-order valence-corrected chi connectivity index (χ4v) is 4.44. The Balaban J connectivity index is 0.00000364. The van der Waals surface area contributed by atoms with Crippen LogP contribution in [-0.2, 0) is 15.6 Å². The minimum absolute atomic E-state index is 0. The van der Waals surface area contributed by atoms with Crippen LogP contribution in [-0.4, -0.2) is 63.7 Å². The molecule has 0 aromatic carbocycles. The number of carbonyl (C=O) groups excluding carboxylic acids is 1. The van der Waals surface area contributed by atoms with Crippen molar-refractivity contribution < 1.29 is 9.00 Å². The van der Waals surface area contributed by atoms with Crippen molar-refractivity contribution in [3.63, 3.8) is 0 Å². The molecule has 1 aliphatic carbocycles. The third-order valence-corrected chi connectivity index (χ3v) is 7.04. The Morgan fingerprint density at radius 2 is 1.89 bits per heavy atom. The maximum Gasteiger partial charge on any atom is 0.225 e. The number of carbonyl (C=O) groups is 1. The number of amides is 1. The van der Waals surface area contributed by atoms with E-state index in [-0.39, 0.29) is 40.7 Å². The first-order chi connectivity index (χ1) is 12.3. The summed E-state index contributed by atoms with van der Waals surface area (Å²) >= 11 is 0. The number of hydrogen-bond acceptors (Lipinski definition) is 3. The second kappa shape index (κ2) is 11.6. The van der Waals surface area contributed by atoms with Crippen LogP contribution in [0.4, 0.5) is 0 Å². The molecule has 0 spiro atoms. The van der Waals surface area contributed by atoms with Crippen LogP contribution in [0.3, 0.4) is 0 Å². The van der Waals surface area contributed by atoms with Gasteiger partial charge in [0.2, 0.25) is 5.91 Å². The first-order valence-corrected chi connectivity index (χ1v) is 11.3. The third kappa shape index (κ3) is 7.87.